The van der Waals surface area contributed by atoms with Crippen molar-refractivity contribution in [1.29, 1.82) is 0 Å². The second kappa shape index (κ2) is 10.2. The van der Waals surface area contributed by atoms with Crippen molar-refractivity contribution in [2.45, 2.75) is 19.8 Å². The highest BCUT2D eigenvalue weighted by Crippen LogP contribution is 2.34. The van der Waals surface area contributed by atoms with Gasteiger partial charge in [-0.1, -0.05) is 12.1 Å². The molecule has 2 N–H and O–H groups in total. The standard InChI is InChI=1S/C19H21BrN6O5/c1-2-31-19(28)12-6-5-9-25(10-12)17-15(26(29)30)16(21-11-22-17)23-24-18(27)13-7-3-4-8-14(13)20/h3-4,7-8,11-12H,2,5-6,9-10H2,1H3,(H,24,27)(H,21,22,23). The number of hydrazine groups is 1. The van der Waals surface area contributed by atoms with Gasteiger partial charge in [0.25, 0.3) is 5.91 Å². The van der Waals surface area contributed by atoms with E-state index in [1.165, 1.54) is 6.33 Å². The number of aromatic nitrogens is 2. The summed E-state index contributed by atoms with van der Waals surface area (Å²) < 4.78 is 5.66. The summed E-state index contributed by atoms with van der Waals surface area (Å²) in [6.45, 7) is 2.75. The Morgan fingerprint density at radius 1 is 1.35 bits per heavy atom. The van der Waals surface area contributed by atoms with Gasteiger partial charge in [0, 0.05) is 17.6 Å². The van der Waals surface area contributed by atoms with Crippen molar-refractivity contribution in [3.63, 3.8) is 0 Å². The highest BCUT2D eigenvalue weighted by atomic mass is 79.9. The summed E-state index contributed by atoms with van der Waals surface area (Å²) in [6.07, 6.45) is 2.47. The first-order valence-corrected chi connectivity index (χ1v) is 10.4. The molecule has 1 fully saturated rings. The van der Waals surface area contributed by atoms with Crippen LogP contribution in [0.5, 0.6) is 0 Å². The van der Waals surface area contributed by atoms with Gasteiger partial charge in [0.15, 0.2) is 0 Å². The second-order valence-electron chi connectivity index (χ2n) is 6.75. The number of ether oxygens (including phenoxy) is 1. The van der Waals surface area contributed by atoms with Crippen molar-refractivity contribution in [3.8, 4) is 0 Å². The summed E-state index contributed by atoms with van der Waals surface area (Å²) in [7, 11) is 0. The fourth-order valence-corrected chi connectivity index (χ4v) is 3.78. The molecule has 11 nitrogen and oxygen atoms in total. The number of anilines is 2. The number of carbonyl (C=O) groups is 2. The molecule has 1 saturated heterocycles. The van der Waals surface area contributed by atoms with E-state index in [2.05, 4.69) is 36.7 Å². The summed E-state index contributed by atoms with van der Waals surface area (Å²) in [5.74, 6) is -1.31. The predicted octanol–water partition coefficient (Wildman–Crippen LogP) is 2.68. The molecule has 2 heterocycles. The third kappa shape index (κ3) is 5.26. The molecule has 0 saturated carbocycles. The normalized spacial score (nSPS) is 15.8. The van der Waals surface area contributed by atoms with Crippen LogP contribution in [0.4, 0.5) is 17.3 Å². The number of carbonyl (C=O) groups excluding carboxylic acids is 2. The highest BCUT2D eigenvalue weighted by molar-refractivity contribution is 9.10. The molecule has 1 aromatic heterocycles. The van der Waals surface area contributed by atoms with Gasteiger partial charge < -0.3 is 9.64 Å². The lowest BCUT2D eigenvalue weighted by Gasteiger charge is -2.32. The van der Waals surface area contributed by atoms with Crippen LogP contribution >= 0.6 is 15.9 Å². The third-order valence-corrected chi connectivity index (χ3v) is 5.43. The molecule has 164 valence electrons. The quantitative estimate of drug-likeness (QED) is 0.339. The highest BCUT2D eigenvalue weighted by Gasteiger charge is 2.33. The molecule has 0 aliphatic carbocycles. The monoisotopic (exact) mass is 492 g/mol. The predicted molar refractivity (Wildman–Crippen MR) is 115 cm³/mol. The average Bonchev–Trinajstić information content (AvgIpc) is 2.77. The third-order valence-electron chi connectivity index (χ3n) is 4.74. The Balaban J connectivity index is 1.81. The van der Waals surface area contributed by atoms with Crippen LogP contribution in [0.1, 0.15) is 30.1 Å². The molecular weight excluding hydrogens is 472 g/mol. The first kappa shape index (κ1) is 22.4. The summed E-state index contributed by atoms with van der Waals surface area (Å²) in [5, 5.41) is 11.8. The molecule has 2 aromatic rings. The van der Waals surface area contributed by atoms with Gasteiger partial charge in [-0.3, -0.25) is 30.6 Å². The number of nitrogens with zero attached hydrogens (tertiary/aromatic N) is 4. The molecule has 3 rings (SSSR count). The molecule has 1 atom stereocenters. The number of amides is 1. The number of benzene rings is 1. The van der Waals surface area contributed by atoms with Gasteiger partial charge in [0.1, 0.15) is 6.33 Å². The SMILES string of the molecule is CCOC(=O)C1CCCN(c2ncnc(NNC(=O)c3ccccc3Br)c2[N+](=O)[O-])C1. The topological polar surface area (TPSA) is 140 Å². The van der Waals surface area contributed by atoms with Crippen molar-refractivity contribution < 1.29 is 19.2 Å². The van der Waals surface area contributed by atoms with Crippen molar-refractivity contribution in [3.05, 3.63) is 50.7 Å². The fraction of sp³-hybridized carbons (Fsp3) is 0.368. The first-order chi connectivity index (χ1) is 14.9. The molecule has 1 amide bonds. The van der Waals surface area contributed by atoms with Crippen LogP contribution < -0.4 is 15.8 Å². The van der Waals surface area contributed by atoms with Crippen LogP contribution in [0.3, 0.4) is 0 Å². The maximum Gasteiger partial charge on any atom is 0.355 e. The molecule has 0 bridgehead atoms. The molecule has 31 heavy (non-hydrogen) atoms. The van der Waals surface area contributed by atoms with E-state index >= 15 is 0 Å². The van der Waals surface area contributed by atoms with Crippen molar-refractivity contribution in [1.82, 2.24) is 15.4 Å². The molecular formula is C19H21BrN6O5. The van der Waals surface area contributed by atoms with E-state index in [4.69, 9.17) is 4.74 Å². The van der Waals surface area contributed by atoms with Crippen LogP contribution in [-0.4, -0.2) is 46.5 Å². The lowest BCUT2D eigenvalue weighted by molar-refractivity contribution is -0.383. The Kier molecular flexibility index (Phi) is 7.34. The van der Waals surface area contributed by atoms with Crippen LogP contribution in [-0.2, 0) is 9.53 Å². The average molecular weight is 493 g/mol. The Bertz CT molecular complexity index is 988. The number of halogens is 1. The Morgan fingerprint density at radius 2 is 2.13 bits per heavy atom. The molecule has 1 aliphatic heterocycles. The van der Waals surface area contributed by atoms with E-state index in [0.29, 0.717) is 29.4 Å². The number of nitrogens with one attached hydrogen (secondary N) is 2. The zero-order chi connectivity index (χ0) is 22.4. The Labute approximate surface area is 186 Å². The molecule has 1 aromatic carbocycles. The van der Waals surface area contributed by atoms with Crippen LogP contribution in [0.2, 0.25) is 0 Å². The fourth-order valence-electron chi connectivity index (χ4n) is 3.31. The minimum atomic E-state index is -0.615. The van der Waals surface area contributed by atoms with E-state index in [1.807, 2.05) is 0 Å². The summed E-state index contributed by atoms with van der Waals surface area (Å²) in [4.78, 5) is 45.4. The molecule has 12 heteroatoms. The van der Waals surface area contributed by atoms with E-state index in [-0.39, 0.29) is 36.4 Å². The zero-order valence-electron chi connectivity index (χ0n) is 16.7. The van der Waals surface area contributed by atoms with Gasteiger partial charge in [-0.15, -0.1) is 0 Å². The van der Waals surface area contributed by atoms with Gasteiger partial charge in [0.05, 0.1) is 23.0 Å². The lowest BCUT2D eigenvalue weighted by Crippen LogP contribution is -2.40. The van der Waals surface area contributed by atoms with Gasteiger partial charge in [-0.25, -0.2) is 9.97 Å². The summed E-state index contributed by atoms with van der Waals surface area (Å²) in [5.41, 5.74) is 4.90. The van der Waals surface area contributed by atoms with Crippen LogP contribution in [0.15, 0.2) is 35.1 Å². The summed E-state index contributed by atoms with van der Waals surface area (Å²) >= 11 is 3.29. The number of piperidine rings is 1. The number of nitro groups is 1. The van der Waals surface area contributed by atoms with Crippen molar-refractivity contribution in [2.24, 2.45) is 5.92 Å². The molecule has 0 spiro atoms. The van der Waals surface area contributed by atoms with Gasteiger partial charge >= 0.3 is 11.7 Å². The van der Waals surface area contributed by atoms with E-state index in [0.717, 1.165) is 0 Å². The lowest BCUT2D eigenvalue weighted by atomic mass is 9.98. The largest absolute Gasteiger partial charge is 0.466 e. The van der Waals surface area contributed by atoms with Gasteiger partial charge in [-0.2, -0.15) is 0 Å². The minimum Gasteiger partial charge on any atom is -0.466 e. The second-order valence-corrected chi connectivity index (χ2v) is 7.60. The van der Waals surface area contributed by atoms with E-state index in [9.17, 15) is 19.7 Å². The number of hydrogen-bond donors (Lipinski definition) is 2. The van der Waals surface area contributed by atoms with Crippen LogP contribution in [0.25, 0.3) is 0 Å². The van der Waals surface area contributed by atoms with Crippen LogP contribution in [0, 0.1) is 16.0 Å². The number of esters is 1. The van der Waals surface area contributed by atoms with Crippen molar-refractivity contribution in [2.75, 3.05) is 30.0 Å². The first-order valence-electron chi connectivity index (χ1n) is 9.64. The maximum atomic E-state index is 12.4. The molecule has 1 unspecified atom stereocenters. The van der Waals surface area contributed by atoms with E-state index < -0.39 is 16.7 Å². The smallest absolute Gasteiger partial charge is 0.355 e. The Hall–Kier alpha value is -3.28. The van der Waals surface area contributed by atoms with Gasteiger partial charge in [-0.05, 0) is 47.8 Å². The minimum absolute atomic E-state index is 0.0756. The van der Waals surface area contributed by atoms with E-state index in [1.54, 1.807) is 36.1 Å². The van der Waals surface area contributed by atoms with Gasteiger partial charge in [0.2, 0.25) is 11.6 Å². The molecule has 1 aliphatic rings. The zero-order valence-corrected chi connectivity index (χ0v) is 18.3. The number of rotatable bonds is 7. The maximum absolute atomic E-state index is 12.4. The van der Waals surface area contributed by atoms with Crippen molar-refractivity contribution >= 4 is 45.1 Å². The number of hydrogen-bond acceptors (Lipinski definition) is 9. The molecule has 0 radical (unpaired) electrons. The Morgan fingerprint density at radius 3 is 2.84 bits per heavy atom. The summed E-state index contributed by atoms with van der Waals surface area (Å²) in [6, 6.07) is 6.76.